The van der Waals surface area contributed by atoms with Crippen molar-refractivity contribution >= 4 is 16.7 Å². The topological polar surface area (TPSA) is 48.1 Å². The highest BCUT2D eigenvalue weighted by molar-refractivity contribution is 6.10. The molecule has 2 heterocycles. The lowest BCUT2D eigenvalue weighted by Gasteiger charge is -2.29. The zero-order valence-corrected chi connectivity index (χ0v) is 20.8. The van der Waals surface area contributed by atoms with Crippen LogP contribution in [0.3, 0.4) is 0 Å². The summed E-state index contributed by atoms with van der Waals surface area (Å²) in [5.41, 5.74) is 6.72. The molecule has 180 valence electrons. The predicted octanol–water partition coefficient (Wildman–Crippen LogP) is 6.04. The molecule has 0 unspecified atom stereocenters. The molecule has 1 saturated heterocycles. The van der Waals surface area contributed by atoms with Gasteiger partial charge in [0.05, 0.1) is 6.04 Å². The van der Waals surface area contributed by atoms with Crippen LogP contribution in [0.4, 0.5) is 0 Å². The molecule has 1 aliphatic heterocycles. The van der Waals surface area contributed by atoms with Crippen LogP contribution < -0.4 is 5.32 Å². The van der Waals surface area contributed by atoms with Crippen molar-refractivity contribution in [2.45, 2.75) is 38.1 Å². The molecule has 0 saturated carbocycles. The minimum absolute atomic E-state index is 0.110. The normalized spacial score (nSPS) is 15.9. The number of nitrogens with zero attached hydrogens (tertiary/aromatic N) is 1. The molecule has 0 aliphatic carbocycles. The molecule has 0 radical (unpaired) electrons. The molecule has 2 N–H and O–H groups in total. The number of likely N-dealkylation sites (tertiary alicyclic amines) is 1. The Morgan fingerprint density at radius 1 is 1.03 bits per heavy atom. The summed E-state index contributed by atoms with van der Waals surface area (Å²) in [5.74, 6) is 0.706. The van der Waals surface area contributed by atoms with Crippen molar-refractivity contribution in [1.29, 1.82) is 0 Å². The number of fused-ring (bicyclic) bond motifs is 1. The van der Waals surface area contributed by atoms with Gasteiger partial charge in [-0.15, -0.1) is 0 Å². The van der Waals surface area contributed by atoms with Gasteiger partial charge in [-0.3, -0.25) is 4.79 Å². The Labute approximate surface area is 208 Å². The summed E-state index contributed by atoms with van der Waals surface area (Å²) in [5, 5.41) is 4.56. The molecule has 1 fully saturated rings. The van der Waals surface area contributed by atoms with E-state index in [9.17, 15) is 4.79 Å². The van der Waals surface area contributed by atoms with Crippen molar-refractivity contribution in [3.05, 3.63) is 107 Å². The quantitative estimate of drug-likeness (QED) is 0.312. The van der Waals surface area contributed by atoms with Crippen LogP contribution in [0.15, 0.2) is 79.0 Å². The maximum atomic E-state index is 13.8. The maximum absolute atomic E-state index is 13.8. The summed E-state index contributed by atoms with van der Waals surface area (Å²) in [6, 6.07) is 24.9. The van der Waals surface area contributed by atoms with E-state index < -0.39 is 0 Å². The molecule has 4 nitrogen and oxygen atoms in total. The number of aryl methyl sites for hydroxylation is 1. The molecular formula is C31H35N3O. The number of benzene rings is 3. The van der Waals surface area contributed by atoms with Gasteiger partial charge in [0.15, 0.2) is 5.78 Å². The van der Waals surface area contributed by atoms with Gasteiger partial charge in [0.2, 0.25) is 0 Å². The van der Waals surface area contributed by atoms with E-state index in [1.807, 2.05) is 36.5 Å². The van der Waals surface area contributed by atoms with E-state index >= 15 is 0 Å². The Morgan fingerprint density at radius 2 is 1.77 bits per heavy atom. The second-order valence-electron chi connectivity index (χ2n) is 9.98. The summed E-state index contributed by atoms with van der Waals surface area (Å²) in [6.07, 6.45) is 5.15. The summed E-state index contributed by atoms with van der Waals surface area (Å²) in [4.78, 5) is 19.6. The number of nitrogens with one attached hydrogen (secondary N) is 2. The Kier molecular flexibility index (Phi) is 7.12. The van der Waals surface area contributed by atoms with Crippen LogP contribution in [0.25, 0.3) is 10.9 Å². The first-order valence-electron chi connectivity index (χ1n) is 12.8. The van der Waals surface area contributed by atoms with Crippen LogP contribution in [0.2, 0.25) is 0 Å². The highest BCUT2D eigenvalue weighted by Gasteiger charge is 2.25. The third-order valence-electron chi connectivity index (χ3n) is 7.44. The van der Waals surface area contributed by atoms with Crippen LogP contribution in [0, 0.1) is 6.92 Å². The van der Waals surface area contributed by atoms with Crippen LogP contribution in [0.1, 0.15) is 57.4 Å². The lowest BCUT2D eigenvalue weighted by Crippen LogP contribution is -2.30. The lowest BCUT2D eigenvalue weighted by atomic mass is 9.88. The van der Waals surface area contributed by atoms with Crippen molar-refractivity contribution in [2.24, 2.45) is 0 Å². The second kappa shape index (κ2) is 10.6. The molecule has 1 aromatic heterocycles. The van der Waals surface area contributed by atoms with Gasteiger partial charge in [-0.1, -0.05) is 72.3 Å². The van der Waals surface area contributed by atoms with Crippen molar-refractivity contribution in [2.75, 3.05) is 26.7 Å². The highest BCUT2D eigenvalue weighted by atomic mass is 16.1. The number of carbonyl (C=O) groups excluding carboxylic acids is 1. The summed E-state index contributed by atoms with van der Waals surface area (Å²) < 4.78 is 0. The molecule has 3 aromatic carbocycles. The van der Waals surface area contributed by atoms with Crippen LogP contribution in [-0.2, 0) is 6.42 Å². The monoisotopic (exact) mass is 465 g/mol. The molecule has 4 heteroatoms. The van der Waals surface area contributed by atoms with E-state index in [2.05, 4.69) is 71.6 Å². The van der Waals surface area contributed by atoms with Gasteiger partial charge in [0.1, 0.15) is 0 Å². The fraction of sp³-hybridized carbons (Fsp3) is 0.323. The van der Waals surface area contributed by atoms with E-state index in [0.29, 0.717) is 5.92 Å². The van der Waals surface area contributed by atoms with Crippen molar-refractivity contribution in [1.82, 2.24) is 15.2 Å². The molecule has 1 aliphatic rings. The number of aromatic amines is 1. The standard InChI is InChI=1S/C31H35N3O/c1-22-8-10-23(11-9-22)14-17-32-30(25-6-4-3-5-7-25)31(35)28-21-33-29-20-26(12-13-27(28)29)24-15-18-34(2)19-16-24/h3-13,20-21,24,30,32-33H,14-19H2,1-2H3/t30-/m0/s1. The molecular weight excluding hydrogens is 430 g/mol. The Balaban J connectivity index is 1.36. The first kappa shape index (κ1) is 23.5. The third kappa shape index (κ3) is 5.39. The molecule has 1 atom stereocenters. The third-order valence-corrected chi connectivity index (χ3v) is 7.44. The van der Waals surface area contributed by atoms with E-state index in [-0.39, 0.29) is 11.8 Å². The van der Waals surface area contributed by atoms with E-state index in [1.54, 1.807) is 0 Å². The average molecular weight is 466 g/mol. The van der Waals surface area contributed by atoms with E-state index in [1.165, 1.54) is 29.5 Å². The molecule has 35 heavy (non-hydrogen) atoms. The van der Waals surface area contributed by atoms with Crippen LogP contribution in [0.5, 0.6) is 0 Å². The Hall–Kier alpha value is -3.21. The number of piperidine rings is 1. The number of aromatic nitrogens is 1. The number of H-pyrrole nitrogens is 1. The highest BCUT2D eigenvalue weighted by Crippen LogP contribution is 2.31. The summed E-state index contributed by atoms with van der Waals surface area (Å²) in [7, 11) is 2.19. The molecule has 0 bridgehead atoms. The van der Waals surface area contributed by atoms with E-state index in [0.717, 1.165) is 48.1 Å². The Bertz CT molecular complexity index is 1270. The first-order valence-corrected chi connectivity index (χ1v) is 12.8. The van der Waals surface area contributed by atoms with Gasteiger partial charge >= 0.3 is 0 Å². The molecule has 0 spiro atoms. The smallest absolute Gasteiger partial charge is 0.186 e. The fourth-order valence-electron chi connectivity index (χ4n) is 5.22. The minimum atomic E-state index is -0.380. The first-order chi connectivity index (χ1) is 17.1. The largest absolute Gasteiger partial charge is 0.360 e. The Morgan fingerprint density at radius 3 is 2.51 bits per heavy atom. The summed E-state index contributed by atoms with van der Waals surface area (Å²) >= 11 is 0. The molecule has 5 rings (SSSR count). The van der Waals surface area contributed by atoms with Crippen molar-refractivity contribution in [3.8, 4) is 0 Å². The van der Waals surface area contributed by atoms with Gasteiger partial charge in [-0.2, -0.15) is 0 Å². The average Bonchev–Trinajstić information content (AvgIpc) is 3.32. The number of Topliss-reactive ketones (excluding diaryl/α,β-unsaturated/α-hetero) is 1. The predicted molar refractivity (Wildman–Crippen MR) is 144 cm³/mol. The maximum Gasteiger partial charge on any atom is 0.186 e. The number of hydrogen-bond donors (Lipinski definition) is 2. The number of ketones is 1. The summed E-state index contributed by atoms with van der Waals surface area (Å²) in [6.45, 7) is 5.12. The van der Waals surface area contributed by atoms with Gasteiger partial charge < -0.3 is 15.2 Å². The van der Waals surface area contributed by atoms with E-state index in [4.69, 9.17) is 0 Å². The SMILES string of the molecule is Cc1ccc(CCN[C@H](C(=O)c2c[nH]c3cc(C4CCN(C)CC4)ccc23)c2ccccc2)cc1. The van der Waals surface area contributed by atoms with Crippen LogP contribution >= 0.6 is 0 Å². The van der Waals surface area contributed by atoms with Gasteiger partial charge in [-0.05, 0) is 75.0 Å². The molecule has 0 amide bonds. The van der Waals surface area contributed by atoms with Crippen molar-refractivity contribution < 1.29 is 4.79 Å². The number of carbonyl (C=O) groups is 1. The zero-order chi connectivity index (χ0) is 24.2. The van der Waals surface area contributed by atoms with Gasteiger partial charge in [0, 0.05) is 29.2 Å². The van der Waals surface area contributed by atoms with Gasteiger partial charge in [-0.25, -0.2) is 0 Å². The fourth-order valence-corrected chi connectivity index (χ4v) is 5.22. The minimum Gasteiger partial charge on any atom is -0.360 e. The number of rotatable bonds is 8. The van der Waals surface area contributed by atoms with Crippen molar-refractivity contribution in [3.63, 3.8) is 0 Å². The lowest BCUT2D eigenvalue weighted by molar-refractivity contribution is 0.0945. The zero-order valence-electron chi connectivity index (χ0n) is 20.8. The number of hydrogen-bond acceptors (Lipinski definition) is 3. The van der Waals surface area contributed by atoms with Gasteiger partial charge in [0.25, 0.3) is 0 Å². The van der Waals surface area contributed by atoms with Crippen LogP contribution in [-0.4, -0.2) is 42.3 Å². The second-order valence-corrected chi connectivity index (χ2v) is 9.98. The molecule has 4 aromatic rings.